The number of carbonyl (C=O) groups is 2. The van der Waals surface area contributed by atoms with Gasteiger partial charge in [-0.05, 0) is 41.9 Å². The molecule has 8 heteroatoms. The van der Waals surface area contributed by atoms with Crippen molar-refractivity contribution >= 4 is 11.9 Å². The zero-order chi connectivity index (χ0) is 26.0. The van der Waals surface area contributed by atoms with Crippen LogP contribution < -0.4 is 4.74 Å². The summed E-state index contributed by atoms with van der Waals surface area (Å²) < 4.78 is 11.1. The van der Waals surface area contributed by atoms with Crippen LogP contribution in [0.15, 0.2) is 36.8 Å². The second-order valence-electron chi connectivity index (χ2n) is 10.7. The van der Waals surface area contributed by atoms with Gasteiger partial charge in [0.1, 0.15) is 11.3 Å². The largest absolute Gasteiger partial charge is 0.496 e. The predicted octanol–water partition coefficient (Wildman–Crippen LogP) is 4.50. The molecule has 1 unspecified atom stereocenters. The van der Waals surface area contributed by atoms with Crippen LogP contribution in [0.4, 0.5) is 0 Å². The summed E-state index contributed by atoms with van der Waals surface area (Å²) in [4.78, 5) is 37.5. The Morgan fingerprint density at radius 1 is 1.23 bits per heavy atom. The molecule has 0 bridgehead atoms. The molecule has 0 radical (unpaired) electrons. The number of nitrogens with zero attached hydrogens (tertiary/aromatic N) is 3. The number of carboxylic acids is 1. The van der Waals surface area contributed by atoms with E-state index in [9.17, 15) is 14.7 Å². The Morgan fingerprint density at radius 2 is 1.94 bits per heavy atom. The van der Waals surface area contributed by atoms with Crippen LogP contribution in [-0.4, -0.2) is 58.2 Å². The lowest BCUT2D eigenvalue weighted by Gasteiger charge is -2.41. The number of aromatic nitrogens is 2. The van der Waals surface area contributed by atoms with Gasteiger partial charge in [0.25, 0.3) is 5.91 Å². The van der Waals surface area contributed by atoms with Gasteiger partial charge in [-0.2, -0.15) is 0 Å². The lowest BCUT2D eigenvalue weighted by Crippen LogP contribution is -2.58. The van der Waals surface area contributed by atoms with Crippen molar-refractivity contribution in [3.63, 3.8) is 0 Å². The summed E-state index contributed by atoms with van der Waals surface area (Å²) in [7, 11) is 3.13. The molecule has 190 valence electrons. The highest BCUT2D eigenvalue weighted by Gasteiger charge is 2.61. The first-order valence-electron chi connectivity index (χ1n) is 12.0. The number of benzene rings is 1. The van der Waals surface area contributed by atoms with Crippen molar-refractivity contribution in [2.24, 2.45) is 11.8 Å². The molecular formula is C27H37N3O5. The Kier molecular flexibility index (Phi) is 7.84. The maximum absolute atomic E-state index is 14.2. The molecule has 2 aromatic rings. The van der Waals surface area contributed by atoms with Crippen LogP contribution in [0, 0.1) is 11.8 Å². The minimum atomic E-state index is -1.46. The first-order chi connectivity index (χ1) is 16.5. The number of aliphatic carboxylic acids is 1. The number of carbonyl (C=O) groups excluding carboxylic acids is 1. The molecule has 1 aromatic heterocycles. The molecule has 1 amide bonds. The second kappa shape index (κ2) is 10.3. The summed E-state index contributed by atoms with van der Waals surface area (Å²) >= 11 is 0. The minimum absolute atomic E-state index is 0.0270. The Balaban J connectivity index is 2.22. The van der Waals surface area contributed by atoms with Gasteiger partial charge in [-0.1, -0.05) is 40.7 Å². The highest BCUT2D eigenvalue weighted by Crippen LogP contribution is 2.50. The summed E-state index contributed by atoms with van der Waals surface area (Å²) in [6.45, 7) is 10.4. The predicted molar refractivity (Wildman–Crippen MR) is 132 cm³/mol. The van der Waals surface area contributed by atoms with Crippen molar-refractivity contribution in [3.8, 4) is 5.75 Å². The van der Waals surface area contributed by atoms with Crippen LogP contribution in [0.2, 0.25) is 0 Å². The van der Waals surface area contributed by atoms with Crippen LogP contribution in [0.1, 0.15) is 75.1 Å². The van der Waals surface area contributed by atoms with Gasteiger partial charge < -0.3 is 19.5 Å². The molecule has 3 atom stereocenters. The molecule has 0 spiro atoms. The van der Waals surface area contributed by atoms with Gasteiger partial charge in [0.15, 0.2) is 0 Å². The standard InChI is InChI=1S/C27H37N3O5/c1-17(2)14-27(25(32)33)19(16-34-6)13-22(21-15-28-10-11-29-21)30(27)24(31)18-8-9-20(26(3,4)5)23(12-18)35-7/h8-12,15,17,19,22H,13-14,16H2,1-7H3,(H,32,33)/t19?,22-,27+/m1/s1. The van der Waals surface area contributed by atoms with Gasteiger partial charge in [-0.3, -0.25) is 14.8 Å². The monoisotopic (exact) mass is 483 g/mol. The van der Waals surface area contributed by atoms with E-state index in [4.69, 9.17) is 9.47 Å². The number of carboxylic acid groups (broad SMARTS) is 1. The zero-order valence-electron chi connectivity index (χ0n) is 21.7. The topological polar surface area (TPSA) is 102 Å². The molecule has 2 heterocycles. The summed E-state index contributed by atoms with van der Waals surface area (Å²) in [5.74, 6) is -1.21. The number of hydrogen-bond donors (Lipinski definition) is 1. The van der Waals surface area contributed by atoms with Crippen molar-refractivity contribution < 1.29 is 24.2 Å². The average Bonchev–Trinajstić information content (AvgIpc) is 3.12. The fraction of sp³-hybridized carbons (Fsp3) is 0.556. The number of hydrogen-bond acceptors (Lipinski definition) is 6. The fourth-order valence-corrected chi connectivity index (χ4v) is 5.35. The number of likely N-dealkylation sites (tertiary alicyclic amines) is 1. The number of rotatable bonds is 8. The molecule has 8 nitrogen and oxygen atoms in total. The van der Waals surface area contributed by atoms with E-state index in [1.165, 1.54) is 4.90 Å². The quantitative estimate of drug-likeness (QED) is 0.590. The molecule has 1 saturated heterocycles. The van der Waals surface area contributed by atoms with Crippen molar-refractivity contribution in [1.82, 2.24) is 14.9 Å². The molecular weight excluding hydrogens is 446 g/mol. The van der Waals surface area contributed by atoms with Crippen molar-refractivity contribution in [1.29, 1.82) is 0 Å². The Bertz CT molecular complexity index is 1050. The van der Waals surface area contributed by atoms with Gasteiger partial charge in [0.2, 0.25) is 0 Å². The smallest absolute Gasteiger partial charge is 0.330 e. The SMILES string of the molecule is COCC1C[C@H](c2cnccn2)N(C(=O)c2ccc(C(C)(C)C)c(OC)c2)[C@]1(CC(C)C)C(=O)O. The van der Waals surface area contributed by atoms with Crippen molar-refractivity contribution in [2.45, 2.75) is 64.5 Å². The van der Waals surface area contributed by atoms with E-state index in [0.29, 0.717) is 23.4 Å². The van der Waals surface area contributed by atoms with Crippen LogP contribution >= 0.6 is 0 Å². The van der Waals surface area contributed by atoms with E-state index >= 15 is 0 Å². The Morgan fingerprint density at radius 3 is 2.46 bits per heavy atom. The van der Waals surface area contributed by atoms with Gasteiger partial charge in [-0.25, -0.2) is 4.79 Å². The number of ether oxygens (including phenoxy) is 2. The Labute approximate surface area is 207 Å². The molecule has 1 aliphatic heterocycles. The Hall–Kier alpha value is -3.00. The van der Waals surface area contributed by atoms with E-state index < -0.39 is 23.5 Å². The van der Waals surface area contributed by atoms with E-state index in [-0.39, 0.29) is 30.3 Å². The molecule has 0 aliphatic carbocycles. The van der Waals surface area contributed by atoms with Gasteiger partial charge in [0, 0.05) is 31.0 Å². The molecule has 35 heavy (non-hydrogen) atoms. The van der Waals surface area contributed by atoms with Gasteiger partial charge in [-0.15, -0.1) is 0 Å². The molecule has 0 saturated carbocycles. The molecule has 1 aromatic carbocycles. The normalized spacial score (nSPS) is 22.5. The van der Waals surface area contributed by atoms with E-state index in [0.717, 1.165) is 5.56 Å². The van der Waals surface area contributed by atoms with Crippen molar-refractivity contribution in [2.75, 3.05) is 20.8 Å². The first-order valence-corrected chi connectivity index (χ1v) is 12.0. The number of methoxy groups -OCH3 is 2. The van der Waals surface area contributed by atoms with Gasteiger partial charge in [0.05, 0.1) is 31.6 Å². The zero-order valence-corrected chi connectivity index (χ0v) is 21.7. The van der Waals surface area contributed by atoms with Crippen molar-refractivity contribution in [3.05, 3.63) is 53.6 Å². The van der Waals surface area contributed by atoms with E-state index in [1.54, 1.807) is 44.9 Å². The highest BCUT2D eigenvalue weighted by atomic mass is 16.5. The van der Waals surface area contributed by atoms with Crippen LogP contribution in [0.3, 0.4) is 0 Å². The third-order valence-electron chi connectivity index (χ3n) is 6.78. The summed E-state index contributed by atoms with van der Waals surface area (Å²) in [6, 6.07) is 4.80. The maximum Gasteiger partial charge on any atom is 0.330 e. The van der Waals surface area contributed by atoms with Gasteiger partial charge >= 0.3 is 5.97 Å². The second-order valence-corrected chi connectivity index (χ2v) is 10.7. The maximum atomic E-state index is 14.2. The average molecular weight is 484 g/mol. The fourth-order valence-electron chi connectivity index (χ4n) is 5.35. The molecule has 3 rings (SSSR count). The molecule has 1 fully saturated rings. The lowest BCUT2D eigenvalue weighted by molar-refractivity contribution is -0.153. The van der Waals surface area contributed by atoms with Crippen LogP contribution in [0.25, 0.3) is 0 Å². The van der Waals surface area contributed by atoms with E-state index in [1.807, 2.05) is 19.9 Å². The lowest BCUT2D eigenvalue weighted by atomic mass is 9.78. The first kappa shape index (κ1) is 26.6. The van der Waals surface area contributed by atoms with Crippen LogP contribution in [-0.2, 0) is 14.9 Å². The summed E-state index contributed by atoms with van der Waals surface area (Å²) in [5.41, 5.74) is 0.254. The third-order valence-corrected chi connectivity index (χ3v) is 6.78. The minimum Gasteiger partial charge on any atom is -0.496 e. The number of amides is 1. The summed E-state index contributed by atoms with van der Waals surface area (Å²) in [5, 5.41) is 10.7. The summed E-state index contributed by atoms with van der Waals surface area (Å²) in [6.07, 6.45) is 5.43. The van der Waals surface area contributed by atoms with E-state index in [2.05, 4.69) is 30.7 Å². The highest BCUT2D eigenvalue weighted by molar-refractivity contribution is 5.99. The van der Waals surface area contributed by atoms with Crippen LogP contribution in [0.5, 0.6) is 5.75 Å². The third kappa shape index (κ3) is 5.03. The molecule has 1 N–H and O–H groups in total. The molecule has 1 aliphatic rings.